The van der Waals surface area contributed by atoms with Crippen molar-refractivity contribution in [2.75, 3.05) is 36.0 Å². The van der Waals surface area contributed by atoms with Crippen molar-refractivity contribution < 1.29 is 4.74 Å². The second kappa shape index (κ2) is 8.73. The Morgan fingerprint density at radius 1 is 1.00 bits per heavy atom. The first-order valence-electron chi connectivity index (χ1n) is 12.3. The maximum Gasteiger partial charge on any atom is 0.158 e. The van der Waals surface area contributed by atoms with Crippen molar-refractivity contribution in [3.8, 4) is 6.07 Å². The highest BCUT2D eigenvalue weighted by atomic mass is 16.5. The standard InChI is InChI=1S/C24H31N9O/c1-24(4-5-24)34-17-2-3-19-18(10-17)23(31-30-19)20-11-21(29-15-28-20)32-6-8-33(9-7-32)22-14-26-16(12-25)13-27-22/h11,13-15,17-19,23,30-31H,2-10H2,1H3. The van der Waals surface area contributed by atoms with Gasteiger partial charge >= 0.3 is 0 Å². The van der Waals surface area contributed by atoms with Crippen LogP contribution in [0.4, 0.5) is 11.6 Å². The molecule has 10 heteroatoms. The van der Waals surface area contributed by atoms with Crippen molar-refractivity contribution in [3.05, 3.63) is 36.2 Å². The number of nitriles is 1. The molecule has 4 unspecified atom stereocenters. The number of hydrazine groups is 1. The number of hydrogen-bond donors (Lipinski definition) is 2. The molecule has 6 rings (SSSR count). The topological polar surface area (TPSA) is 115 Å². The van der Waals surface area contributed by atoms with E-state index in [1.54, 1.807) is 12.5 Å². The molecule has 2 aliphatic carbocycles. The Labute approximate surface area is 199 Å². The van der Waals surface area contributed by atoms with Gasteiger partial charge in [0, 0.05) is 44.2 Å². The van der Waals surface area contributed by atoms with E-state index >= 15 is 0 Å². The van der Waals surface area contributed by atoms with Crippen molar-refractivity contribution >= 4 is 11.6 Å². The molecule has 4 atom stereocenters. The summed E-state index contributed by atoms with van der Waals surface area (Å²) >= 11 is 0. The highest BCUT2D eigenvalue weighted by Gasteiger charge is 2.46. The number of aromatic nitrogens is 4. The van der Waals surface area contributed by atoms with E-state index in [1.807, 2.05) is 6.07 Å². The number of ether oxygens (including phenoxy) is 1. The van der Waals surface area contributed by atoms with Gasteiger partial charge in [-0.1, -0.05) is 0 Å². The molecular weight excluding hydrogens is 430 g/mol. The van der Waals surface area contributed by atoms with Crippen LogP contribution in [0, 0.1) is 17.2 Å². The first-order chi connectivity index (χ1) is 16.6. The fourth-order valence-corrected chi connectivity index (χ4v) is 5.52. The Morgan fingerprint density at radius 3 is 2.50 bits per heavy atom. The zero-order valence-corrected chi connectivity index (χ0v) is 19.5. The van der Waals surface area contributed by atoms with E-state index in [2.05, 4.69) is 53.6 Å². The Hall–Kier alpha value is -2.87. The summed E-state index contributed by atoms with van der Waals surface area (Å²) in [5.41, 5.74) is 8.55. The summed E-state index contributed by atoms with van der Waals surface area (Å²) in [5.74, 6) is 2.24. The average Bonchev–Trinajstić information content (AvgIpc) is 3.46. The van der Waals surface area contributed by atoms with Gasteiger partial charge in [-0.25, -0.2) is 25.4 Å². The van der Waals surface area contributed by atoms with Crippen molar-refractivity contribution in [2.45, 2.75) is 62.8 Å². The number of rotatable bonds is 5. The fraction of sp³-hybridized carbons (Fsp3) is 0.625. The van der Waals surface area contributed by atoms with Crippen LogP contribution >= 0.6 is 0 Å². The number of nitrogens with zero attached hydrogens (tertiary/aromatic N) is 7. The van der Waals surface area contributed by atoms with Crippen LogP contribution in [0.1, 0.15) is 56.5 Å². The predicted molar refractivity (Wildman–Crippen MR) is 126 cm³/mol. The second-order valence-electron chi connectivity index (χ2n) is 10.2. The number of nitrogens with one attached hydrogen (secondary N) is 2. The van der Waals surface area contributed by atoms with Crippen molar-refractivity contribution in [1.29, 1.82) is 5.26 Å². The van der Waals surface area contributed by atoms with Crippen LogP contribution in [0.3, 0.4) is 0 Å². The quantitative estimate of drug-likeness (QED) is 0.682. The molecule has 178 valence electrons. The van der Waals surface area contributed by atoms with Gasteiger partial charge in [0.05, 0.1) is 35.8 Å². The van der Waals surface area contributed by atoms with E-state index in [4.69, 9.17) is 10.00 Å². The van der Waals surface area contributed by atoms with Crippen molar-refractivity contribution in [3.63, 3.8) is 0 Å². The molecule has 2 aliphatic heterocycles. The molecule has 2 saturated carbocycles. The summed E-state index contributed by atoms with van der Waals surface area (Å²) in [7, 11) is 0. The number of hydrogen-bond acceptors (Lipinski definition) is 10. The van der Waals surface area contributed by atoms with Crippen LogP contribution in [0.2, 0.25) is 0 Å². The Bertz CT molecular complexity index is 1060. The third-order valence-electron chi connectivity index (χ3n) is 7.78. The van der Waals surface area contributed by atoms with E-state index in [1.165, 1.54) is 19.0 Å². The summed E-state index contributed by atoms with van der Waals surface area (Å²) in [6, 6.07) is 4.79. The van der Waals surface area contributed by atoms with E-state index in [9.17, 15) is 0 Å². The van der Waals surface area contributed by atoms with Gasteiger partial charge in [-0.15, -0.1) is 0 Å². The first-order valence-corrected chi connectivity index (χ1v) is 12.3. The van der Waals surface area contributed by atoms with Gasteiger partial charge in [0.2, 0.25) is 0 Å². The highest BCUT2D eigenvalue weighted by Crippen LogP contribution is 2.45. The molecule has 2 aromatic rings. The SMILES string of the molecule is CC1(OC2CCC3NNC(c4cc(N5CCN(c6cnc(C#N)cn6)CC5)ncn4)C3C2)CC1. The van der Waals surface area contributed by atoms with Gasteiger partial charge in [0.1, 0.15) is 24.0 Å². The molecular formula is C24H31N9O. The average molecular weight is 462 g/mol. The molecule has 0 aromatic carbocycles. The monoisotopic (exact) mass is 461 g/mol. The molecule has 0 spiro atoms. The second-order valence-corrected chi connectivity index (χ2v) is 10.2. The molecule has 2 N–H and O–H groups in total. The summed E-state index contributed by atoms with van der Waals surface area (Å²) in [4.78, 5) is 22.3. The molecule has 2 saturated heterocycles. The molecule has 2 aromatic heterocycles. The summed E-state index contributed by atoms with van der Waals surface area (Å²) in [5, 5.41) is 8.93. The fourth-order valence-electron chi connectivity index (χ4n) is 5.52. The van der Waals surface area contributed by atoms with E-state index < -0.39 is 0 Å². The van der Waals surface area contributed by atoms with Crippen LogP contribution in [0.15, 0.2) is 24.8 Å². The minimum absolute atomic E-state index is 0.125. The molecule has 0 bridgehead atoms. The third kappa shape index (κ3) is 4.31. The molecule has 34 heavy (non-hydrogen) atoms. The van der Waals surface area contributed by atoms with E-state index in [-0.39, 0.29) is 11.6 Å². The molecule has 4 heterocycles. The lowest BCUT2D eigenvalue weighted by molar-refractivity contribution is -0.0500. The van der Waals surface area contributed by atoms with Gasteiger partial charge in [-0.3, -0.25) is 5.43 Å². The van der Waals surface area contributed by atoms with Crippen LogP contribution < -0.4 is 20.7 Å². The largest absolute Gasteiger partial charge is 0.372 e. The van der Waals surface area contributed by atoms with Crippen molar-refractivity contribution in [1.82, 2.24) is 30.8 Å². The van der Waals surface area contributed by atoms with Gasteiger partial charge in [0.25, 0.3) is 0 Å². The summed E-state index contributed by atoms with van der Waals surface area (Å²) in [6.07, 6.45) is 11.0. The number of fused-ring (bicyclic) bond motifs is 1. The Kier molecular flexibility index (Phi) is 5.56. The maximum absolute atomic E-state index is 8.93. The Morgan fingerprint density at radius 2 is 1.79 bits per heavy atom. The number of piperazine rings is 1. The van der Waals surface area contributed by atoms with Gasteiger partial charge in [-0.05, 0) is 39.0 Å². The Balaban J connectivity index is 1.11. The van der Waals surface area contributed by atoms with E-state index in [0.29, 0.717) is 23.8 Å². The lowest BCUT2D eigenvalue weighted by Crippen LogP contribution is -2.47. The minimum atomic E-state index is 0.125. The first kappa shape index (κ1) is 21.6. The minimum Gasteiger partial charge on any atom is -0.372 e. The summed E-state index contributed by atoms with van der Waals surface area (Å²) < 4.78 is 6.43. The van der Waals surface area contributed by atoms with Crippen LogP contribution in [-0.2, 0) is 4.74 Å². The lowest BCUT2D eigenvalue weighted by atomic mass is 9.79. The zero-order valence-electron chi connectivity index (χ0n) is 19.5. The summed E-state index contributed by atoms with van der Waals surface area (Å²) in [6.45, 7) is 5.58. The number of anilines is 2. The molecule has 0 radical (unpaired) electrons. The molecule has 10 nitrogen and oxygen atoms in total. The molecule has 4 fully saturated rings. The van der Waals surface area contributed by atoms with Gasteiger partial charge < -0.3 is 14.5 Å². The normalized spacial score (nSPS) is 30.0. The van der Waals surface area contributed by atoms with Crippen LogP contribution in [0.25, 0.3) is 0 Å². The third-order valence-corrected chi connectivity index (χ3v) is 7.78. The lowest BCUT2D eigenvalue weighted by Gasteiger charge is -2.36. The predicted octanol–water partition coefficient (Wildman–Crippen LogP) is 1.72. The molecule has 0 amide bonds. The van der Waals surface area contributed by atoms with Crippen LogP contribution in [-0.4, -0.2) is 63.9 Å². The van der Waals surface area contributed by atoms with Crippen LogP contribution in [0.5, 0.6) is 0 Å². The van der Waals surface area contributed by atoms with Gasteiger partial charge in [0.15, 0.2) is 5.69 Å². The van der Waals surface area contributed by atoms with Crippen molar-refractivity contribution in [2.24, 2.45) is 5.92 Å². The highest BCUT2D eigenvalue weighted by molar-refractivity contribution is 5.45. The molecule has 4 aliphatic rings. The smallest absolute Gasteiger partial charge is 0.158 e. The zero-order chi connectivity index (χ0) is 23.1. The maximum atomic E-state index is 8.93. The van der Waals surface area contributed by atoms with Gasteiger partial charge in [-0.2, -0.15) is 5.26 Å². The van der Waals surface area contributed by atoms with E-state index in [0.717, 1.165) is 62.8 Å².